The van der Waals surface area contributed by atoms with Gasteiger partial charge < -0.3 is 9.84 Å². The molecule has 3 aromatic carbocycles. The Labute approximate surface area is 180 Å². The van der Waals surface area contributed by atoms with E-state index in [0.717, 1.165) is 11.3 Å². The predicted octanol–water partition coefficient (Wildman–Crippen LogP) is 4.85. The molecule has 0 aliphatic heterocycles. The van der Waals surface area contributed by atoms with Gasteiger partial charge in [-0.15, -0.1) is 0 Å². The highest BCUT2D eigenvalue weighted by molar-refractivity contribution is 6.01. The third-order valence-corrected chi connectivity index (χ3v) is 4.91. The Morgan fingerprint density at radius 1 is 1.03 bits per heavy atom. The van der Waals surface area contributed by atoms with Gasteiger partial charge in [0.2, 0.25) is 5.88 Å². The van der Waals surface area contributed by atoms with Crippen molar-refractivity contribution in [3.8, 4) is 17.3 Å². The van der Waals surface area contributed by atoms with Gasteiger partial charge in [0.05, 0.1) is 29.8 Å². The molecule has 0 spiro atoms. The minimum Gasteiger partial charge on any atom is -0.494 e. The molecule has 0 radical (unpaired) electrons. The van der Waals surface area contributed by atoms with Gasteiger partial charge in [0.15, 0.2) is 0 Å². The Hall–Kier alpha value is -4.06. The number of nitrogens with one attached hydrogen (secondary N) is 1. The zero-order valence-corrected chi connectivity index (χ0v) is 17.4. The van der Waals surface area contributed by atoms with E-state index >= 15 is 0 Å². The van der Waals surface area contributed by atoms with Crippen LogP contribution in [0.25, 0.3) is 16.5 Å². The summed E-state index contributed by atoms with van der Waals surface area (Å²) in [5, 5.41) is 16.5. The van der Waals surface area contributed by atoms with Gasteiger partial charge in [0, 0.05) is 10.8 Å². The maximum atomic E-state index is 13.2. The molecule has 0 bridgehead atoms. The highest BCUT2D eigenvalue weighted by atomic mass is 16.5. The van der Waals surface area contributed by atoms with Crippen molar-refractivity contribution in [2.24, 2.45) is 5.10 Å². The molecule has 6 nitrogen and oxygen atoms in total. The number of hydrogen-bond acceptors (Lipinski definition) is 5. The lowest BCUT2D eigenvalue weighted by Gasteiger charge is -2.14. The Balaban J connectivity index is 1.81. The quantitative estimate of drug-likeness (QED) is 0.350. The van der Waals surface area contributed by atoms with Crippen LogP contribution in [0.4, 0.5) is 5.69 Å². The molecule has 156 valence electrons. The smallest absolute Gasteiger partial charge is 0.265 e. The number of aryl methyl sites for hydroxylation is 1. The van der Waals surface area contributed by atoms with Crippen molar-refractivity contribution >= 4 is 22.7 Å². The molecule has 0 saturated heterocycles. The fourth-order valence-corrected chi connectivity index (χ4v) is 3.47. The van der Waals surface area contributed by atoms with E-state index in [-0.39, 0.29) is 11.4 Å². The number of fused-ring (bicyclic) bond motifs is 1. The lowest BCUT2D eigenvalue weighted by atomic mass is 10.1. The molecule has 4 rings (SSSR count). The van der Waals surface area contributed by atoms with Crippen LogP contribution in [0.5, 0.6) is 11.6 Å². The van der Waals surface area contributed by atoms with Crippen molar-refractivity contribution in [3.63, 3.8) is 0 Å². The summed E-state index contributed by atoms with van der Waals surface area (Å²) in [5.74, 6) is 0.520. The van der Waals surface area contributed by atoms with E-state index in [1.165, 1.54) is 10.8 Å². The topological polar surface area (TPSA) is 75.8 Å². The summed E-state index contributed by atoms with van der Waals surface area (Å²) >= 11 is 0. The lowest BCUT2D eigenvalue weighted by molar-refractivity contribution is 0.340. The van der Waals surface area contributed by atoms with Crippen molar-refractivity contribution in [2.45, 2.75) is 13.8 Å². The molecule has 0 fully saturated rings. The summed E-state index contributed by atoms with van der Waals surface area (Å²) in [6.07, 6.45) is 1.53. The second kappa shape index (κ2) is 8.75. The molecule has 0 aliphatic carbocycles. The van der Waals surface area contributed by atoms with Crippen molar-refractivity contribution in [2.75, 3.05) is 12.0 Å². The van der Waals surface area contributed by atoms with Crippen LogP contribution in [-0.2, 0) is 0 Å². The maximum absolute atomic E-state index is 13.2. The molecule has 6 heteroatoms. The SMILES string of the molecule is CCOc1ccc(-n2c(O)c(/C=N/Nc3cccc(C)c3)c3ccccc3c2=O)cc1. The molecule has 4 aromatic rings. The van der Waals surface area contributed by atoms with Gasteiger partial charge in [0.1, 0.15) is 5.75 Å². The Bertz CT molecular complexity index is 1310. The number of anilines is 1. The standard InChI is InChI=1S/C25H23N3O3/c1-3-31-20-13-11-19(12-14-20)28-24(29)22-10-5-4-9-21(22)23(25(28)30)16-26-27-18-8-6-7-17(2)15-18/h4-16,27,30H,3H2,1-2H3/b26-16+. The number of ether oxygens (including phenoxy) is 1. The van der Waals surface area contributed by atoms with Gasteiger partial charge in [-0.25, -0.2) is 4.57 Å². The molecule has 31 heavy (non-hydrogen) atoms. The zero-order valence-electron chi connectivity index (χ0n) is 17.4. The number of hydrogen-bond donors (Lipinski definition) is 2. The van der Waals surface area contributed by atoms with Gasteiger partial charge in [-0.1, -0.05) is 30.3 Å². The van der Waals surface area contributed by atoms with Crippen molar-refractivity contribution in [3.05, 3.63) is 94.3 Å². The van der Waals surface area contributed by atoms with E-state index in [1.54, 1.807) is 42.5 Å². The monoisotopic (exact) mass is 413 g/mol. The fourth-order valence-electron chi connectivity index (χ4n) is 3.47. The number of hydrazone groups is 1. The van der Waals surface area contributed by atoms with Crippen molar-refractivity contribution in [1.82, 2.24) is 4.57 Å². The third-order valence-electron chi connectivity index (χ3n) is 4.91. The minimum atomic E-state index is -0.305. The van der Waals surface area contributed by atoms with E-state index in [0.29, 0.717) is 34.4 Å². The first-order valence-corrected chi connectivity index (χ1v) is 10.0. The molecule has 1 aromatic heterocycles. The van der Waals surface area contributed by atoms with E-state index in [4.69, 9.17) is 4.74 Å². The van der Waals surface area contributed by atoms with Gasteiger partial charge in [-0.05, 0) is 61.9 Å². The first-order valence-electron chi connectivity index (χ1n) is 10.0. The summed E-state index contributed by atoms with van der Waals surface area (Å²) in [7, 11) is 0. The van der Waals surface area contributed by atoms with Crippen molar-refractivity contribution in [1.29, 1.82) is 0 Å². The second-order valence-electron chi connectivity index (χ2n) is 7.09. The predicted molar refractivity (Wildman–Crippen MR) is 125 cm³/mol. The number of benzene rings is 3. The van der Waals surface area contributed by atoms with Crippen LogP contribution in [0.3, 0.4) is 0 Å². The molecular weight excluding hydrogens is 390 g/mol. The average Bonchev–Trinajstić information content (AvgIpc) is 2.77. The van der Waals surface area contributed by atoms with Gasteiger partial charge in [-0.3, -0.25) is 10.2 Å². The summed E-state index contributed by atoms with van der Waals surface area (Å²) in [6.45, 7) is 4.46. The number of aromatic nitrogens is 1. The van der Waals surface area contributed by atoms with E-state index in [9.17, 15) is 9.90 Å². The number of rotatable bonds is 6. The minimum absolute atomic E-state index is 0.178. The van der Waals surface area contributed by atoms with Crippen LogP contribution >= 0.6 is 0 Å². The molecule has 0 saturated carbocycles. The number of aromatic hydroxyl groups is 1. The second-order valence-corrected chi connectivity index (χ2v) is 7.09. The first kappa shape index (κ1) is 20.2. The molecule has 0 unspecified atom stereocenters. The van der Waals surface area contributed by atoms with Crippen LogP contribution in [0.15, 0.2) is 82.7 Å². The summed E-state index contributed by atoms with van der Waals surface area (Å²) in [5.41, 5.74) is 5.60. The normalized spacial score (nSPS) is 11.2. The largest absolute Gasteiger partial charge is 0.494 e. The molecule has 1 heterocycles. The fraction of sp³-hybridized carbons (Fsp3) is 0.120. The van der Waals surface area contributed by atoms with Crippen LogP contribution in [-0.4, -0.2) is 22.5 Å². The lowest BCUT2D eigenvalue weighted by Crippen LogP contribution is -2.20. The summed E-state index contributed by atoms with van der Waals surface area (Å²) in [4.78, 5) is 13.2. The van der Waals surface area contributed by atoms with Crippen LogP contribution in [0.2, 0.25) is 0 Å². The Morgan fingerprint density at radius 3 is 2.48 bits per heavy atom. The number of pyridine rings is 1. The van der Waals surface area contributed by atoms with E-state index < -0.39 is 0 Å². The Kier molecular flexibility index (Phi) is 5.71. The molecule has 0 amide bonds. The number of nitrogens with zero attached hydrogens (tertiary/aromatic N) is 2. The van der Waals surface area contributed by atoms with Crippen LogP contribution in [0, 0.1) is 6.92 Å². The van der Waals surface area contributed by atoms with Gasteiger partial charge in [0.25, 0.3) is 5.56 Å². The maximum Gasteiger partial charge on any atom is 0.265 e. The van der Waals surface area contributed by atoms with Crippen molar-refractivity contribution < 1.29 is 9.84 Å². The average molecular weight is 413 g/mol. The summed E-state index contributed by atoms with van der Waals surface area (Å²) in [6, 6.07) is 22.0. The van der Waals surface area contributed by atoms with Crippen LogP contribution < -0.4 is 15.7 Å². The first-order chi connectivity index (χ1) is 15.1. The zero-order chi connectivity index (χ0) is 21.8. The van der Waals surface area contributed by atoms with Crippen LogP contribution in [0.1, 0.15) is 18.1 Å². The molecular formula is C25H23N3O3. The Morgan fingerprint density at radius 2 is 1.77 bits per heavy atom. The highest BCUT2D eigenvalue weighted by Crippen LogP contribution is 2.26. The third kappa shape index (κ3) is 4.14. The van der Waals surface area contributed by atoms with E-state index in [2.05, 4.69) is 10.5 Å². The molecule has 2 N–H and O–H groups in total. The van der Waals surface area contributed by atoms with Gasteiger partial charge in [-0.2, -0.15) is 5.10 Å². The summed E-state index contributed by atoms with van der Waals surface area (Å²) < 4.78 is 6.76. The van der Waals surface area contributed by atoms with Gasteiger partial charge >= 0.3 is 0 Å². The highest BCUT2D eigenvalue weighted by Gasteiger charge is 2.16. The molecule has 0 atom stereocenters. The van der Waals surface area contributed by atoms with E-state index in [1.807, 2.05) is 44.2 Å². The molecule has 0 aliphatic rings.